The van der Waals surface area contributed by atoms with E-state index in [-0.39, 0.29) is 11.5 Å². The largest absolute Gasteiger partial charge is 0.392 e. The SMILES string of the molecule is Cc1ccc2cc(CNCC(O)CC(C)(C)C)ccc2n1. The summed E-state index contributed by atoms with van der Waals surface area (Å²) in [5.74, 6) is 0. The van der Waals surface area contributed by atoms with Crippen LogP contribution in [0.5, 0.6) is 0 Å². The van der Waals surface area contributed by atoms with Gasteiger partial charge in [-0.3, -0.25) is 4.98 Å². The van der Waals surface area contributed by atoms with E-state index in [2.05, 4.69) is 55.3 Å². The summed E-state index contributed by atoms with van der Waals surface area (Å²) in [4.78, 5) is 4.51. The molecule has 1 aromatic heterocycles. The van der Waals surface area contributed by atoms with Crippen LogP contribution in [0.3, 0.4) is 0 Å². The van der Waals surface area contributed by atoms with Gasteiger partial charge < -0.3 is 10.4 Å². The molecule has 1 heterocycles. The molecule has 0 aliphatic heterocycles. The van der Waals surface area contributed by atoms with Gasteiger partial charge in [0.15, 0.2) is 0 Å². The van der Waals surface area contributed by atoms with Crippen LogP contribution in [0.2, 0.25) is 0 Å². The average Bonchev–Trinajstić information content (AvgIpc) is 2.36. The number of aromatic nitrogens is 1. The topological polar surface area (TPSA) is 45.1 Å². The zero-order valence-electron chi connectivity index (χ0n) is 13.5. The number of nitrogens with zero attached hydrogens (tertiary/aromatic N) is 1. The second-order valence-electron chi connectivity index (χ2n) is 7.03. The Balaban J connectivity index is 1.90. The highest BCUT2D eigenvalue weighted by Crippen LogP contribution is 2.20. The molecule has 0 amide bonds. The highest BCUT2D eigenvalue weighted by Gasteiger charge is 2.16. The highest BCUT2D eigenvalue weighted by atomic mass is 16.3. The standard InChI is InChI=1S/C18H26N2O/c1-13-5-7-15-9-14(6-8-17(15)20-13)11-19-12-16(21)10-18(2,3)4/h5-9,16,19,21H,10-12H2,1-4H3. The first kappa shape index (κ1) is 15.9. The first-order valence-electron chi connectivity index (χ1n) is 7.58. The van der Waals surface area contributed by atoms with Gasteiger partial charge in [0, 0.05) is 24.2 Å². The van der Waals surface area contributed by atoms with Gasteiger partial charge in [-0.1, -0.05) is 32.9 Å². The van der Waals surface area contributed by atoms with E-state index in [0.29, 0.717) is 6.54 Å². The van der Waals surface area contributed by atoms with Crippen LogP contribution in [0, 0.1) is 12.3 Å². The average molecular weight is 286 g/mol. The number of hydrogen-bond acceptors (Lipinski definition) is 3. The van der Waals surface area contributed by atoms with Crippen LogP contribution in [0.4, 0.5) is 0 Å². The maximum Gasteiger partial charge on any atom is 0.0705 e. The van der Waals surface area contributed by atoms with Gasteiger partial charge in [-0.25, -0.2) is 0 Å². The second-order valence-corrected chi connectivity index (χ2v) is 7.03. The Bertz CT molecular complexity index is 602. The minimum Gasteiger partial charge on any atom is -0.392 e. The summed E-state index contributed by atoms with van der Waals surface area (Å²) in [5, 5.41) is 14.5. The lowest BCUT2D eigenvalue weighted by molar-refractivity contribution is 0.119. The first-order chi connectivity index (χ1) is 9.83. The number of aliphatic hydroxyl groups excluding tert-OH is 1. The third kappa shape index (κ3) is 5.10. The van der Waals surface area contributed by atoms with Crippen molar-refractivity contribution in [1.82, 2.24) is 10.3 Å². The molecule has 1 aromatic carbocycles. The highest BCUT2D eigenvalue weighted by molar-refractivity contribution is 5.79. The fraction of sp³-hybridized carbons (Fsp3) is 0.500. The van der Waals surface area contributed by atoms with Gasteiger partial charge in [0.25, 0.3) is 0 Å². The summed E-state index contributed by atoms with van der Waals surface area (Å²) < 4.78 is 0. The van der Waals surface area contributed by atoms with Crippen molar-refractivity contribution >= 4 is 10.9 Å². The van der Waals surface area contributed by atoms with Gasteiger partial charge in [0.2, 0.25) is 0 Å². The van der Waals surface area contributed by atoms with Crippen LogP contribution in [0.25, 0.3) is 10.9 Å². The Morgan fingerprint density at radius 3 is 2.67 bits per heavy atom. The molecule has 0 fully saturated rings. The van der Waals surface area contributed by atoms with Crippen molar-refractivity contribution in [3.8, 4) is 0 Å². The van der Waals surface area contributed by atoms with Crippen LogP contribution in [-0.4, -0.2) is 22.7 Å². The molecule has 0 aliphatic rings. The first-order valence-corrected chi connectivity index (χ1v) is 7.58. The molecule has 1 unspecified atom stereocenters. The molecule has 0 aliphatic carbocycles. The number of nitrogens with one attached hydrogen (secondary N) is 1. The van der Waals surface area contributed by atoms with Crippen molar-refractivity contribution in [2.75, 3.05) is 6.54 Å². The van der Waals surface area contributed by atoms with Crippen LogP contribution < -0.4 is 5.32 Å². The fourth-order valence-electron chi connectivity index (χ4n) is 2.55. The Hall–Kier alpha value is -1.45. The number of aliphatic hydroxyl groups is 1. The van der Waals surface area contributed by atoms with E-state index >= 15 is 0 Å². The maximum atomic E-state index is 9.99. The van der Waals surface area contributed by atoms with Gasteiger partial charge in [-0.05, 0) is 42.5 Å². The van der Waals surface area contributed by atoms with Crippen molar-refractivity contribution in [3.05, 3.63) is 41.6 Å². The molecule has 1 atom stereocenters. The third-order valence-corrected chi connectivity index (χ3v) is 3.45. The van der Waals surface area contributed by atoms with Crippen LogP contribution in [0.15, 0.2) is 30.3 Å². The minimum absolute atomic E-state index is 0.160. The third-order valence-electron chi connectivity index (χ3n) is 3.45. The molecular weight excluding hydrogens is 260 g/mol. The number of fused-ring (bicyclic) bond motifs is 1. The van der Waals surface area contributed by atoms with E-state index in [4.69, 9.17) is 0 Å². The second kappa shape index (κ2) is 6.54. The monoisotopic (exact) mass is 286 g/mol. The van der Waals surface area contributed by atoms with Gasteiger partial charge in [0.1, 0.15) is 0 Å². The number of hydrogen-bond donors (Lipinski definition) is 2. The minimum atomic E-state index is -0.297. The molecule has 0 saturated heterocycles. The molecule has 0 radical (unpaired) electrons. The molecule has 0 spiro atoms. The molecule has 2 aromatic rings. The normalized spacial score (nSPS) is 13.6. The van der Waals surface area contributed by atoms with Crippen LogP contribution in [0.1, 0.15) is 38.4 Å². The predicted molar refractivity (Wildman–Crippen MR) is 88.3 cm³/mol. The van der Waals surface area contributed by atoms with Gasteiger partial charge in [-0.15, -0.1) is 0 Å². The van der Waals surface area contributed by atoms with E-state index in [1.165, 1.54) is 5.56 Å². The molecule has 0 saturated carbocycles. The summed E-state index contributed by atoms with van der Waals surface area (Å²) in [5.41, 5.74) is 3.45. The molecule has 2 rings (SSSR count). The van der Waals surface area contributed by atoms with Crippen molar-refractivity contribution in [3.63, 3.8) is 0 Å². The predicted octanol–water partition coefficient (Wildman–Crippen LogP) is 3.43. The quantitative estimate of drug-likeness (QED) is 0.885. The van der Waals surface area contributed by atoms with E-state index in [1.807, 2.05) is 13.0 Å². The maximum absolute atomic E-state index is 9.99. The summed E-state index contributed by atoms with van der Waals surface area (Å²) in [7, 11) is 0. The van der Waals surface area contributed by atoms with Crippen molar-refractivity contribution < 1.29 is 5.11 Å². The summed E-state index contributed by atoms with van der Waals surface area (Å²) >= 11 is 0. The van der Waals surface area contributed by atoms with E-state index < -0.39 is 0 Å². The van der Waals surface area contributed by atoms with Gasteiger partial charge in [-0.2, -0.15) is 0 Å². The zero-order valence-corrected chi connectivity index (χ0v) is 13.5. The summed E-state index contributed by atoms with van der Waals surface area (Å²) in [6, 6.07) is 10.5. The summed E-state index contributed by atoms with van der Waals surface area (Å²) in [6.07, 6.45) is 0.510. The zero-order chi connectivity index (χ0) is 15.5. The molecule has 3 nitrogen and oxygen atoms in total. The molecule has 21 heavy (non-hydrogen) atoms. The molecule has 3 heteroatoms. The lowest BCUT2D eigenvalue weighted by Crippen LogP contribution is -2.29. The van der Waals surface area contributed by atoms with E-state index in [1.54, 1.807) is 0 Å². The number of benzene rings is 1. The molecular formula is C18H26N2O. The lowest BCUT2D eigenvalue weighted by Gasteiger charge is -2.22. The van der Waals surface area contributed by atoms with Gasteiger partial charge in [0.05, 0.1) is 11.6 Å². The lowest BCUT2D eigenvalue weighted by atomic mass is 9.89. The molecule has 2 N–H and O–H groups in total. The summed E-state index contributed by atoms with van der Waals surface area (Å²) in [6.45, 7) is 9.84. The van der Waals surface area contributed by atoms with E-state index in [9.17, 15) is 5.11 Å². The number of rotatable bonds is 5. The Morgan fingerprint density at radius 1 is 1.19 bits per heavy atom. The van der Waals surface area contributed by atoms with E-state index in [0.717, 1.165) is 29.6 Å². The van der Waals surface area contributed by atoms with Crippen molar-refractivity contribution in [2.24, 2.45) is 5.41 Å². The molecule has 0 bridgehead atoms. The Morgan fingerprint density at radius 2 is 1.95 bits per heavy atom. The number of pyridine rings is 1. The number of aryl methyl sites for hydroxylation is 1. The fourth-order valence-corrected chi connectivity index (χ4v) is 2.55. The Kier molecular flexibility index (Phi) is 4.96. The van der Waals surface area contributed by atoms with Gasteiger partial charge >= 0.3 is 0 Å². The van der Waals surface area contributed by atoms with Crippen LogP contribution in [-0.2, 0) is 6.54 Å². The molecule has 114 valence electrons. The van der Waals surface area contributed by atoms with Crippen LogP contribution >= 0.6 is 0 Å². The van der Waals surface area contributed by atoms with Crippen molar-refractivity contribution in [1.29, 1.82) is 0 Å². The smallest absolute Gasteiger partial charge is 0.0705 e. The van der Waals surface area contributed by atoms with Crippen molar-refractivity contribution in [2.45, 2.75) is 46.8 Å². The Labute approximate surface area is 127 Å².